The minimum absolute atomic E-state index is 0.0431. The Morgan fingerprint density at radius 2 is 2.10 bits per heavy atom. The Bertz CT molecular complexity index is 1150. The lowest BCUT2D eigenvalue weighted by Gasteiger charge is -2.12. The van der Waals surface area contributed by atoms with Gasteiger partial charge in [0, 0.05) is 23.0 Å². The second-order valence-electron chi connectivity index (χ2n) is 7.22. The van der Waals surface area contributed by atoms with Crippen molar-refractivity contribution in [2.24, 2.45) is 5.92 Å². The van der Waals surface area contributed by atoms with Gasteiger partial charge in [0.2, 0.25) is 5.91 Å². The molecule has 0 aliphatic heterocycles. The van der Waals surface area contributed by atoms with Crippen LogP contribution >= 0.6 is 0 Å². The largest absolute Gasteiger partial charge is 0.354 e. The smallest absolute Gasteiger partial charge is 0.224 e. The Hall–Kier alpha value is -3.48. The van der Waals surface area contributed by atoms with Crippen molar-refractivity contribution in [1.29, 1.82) is 0 Å². The molecule has 2 aromatic heterocycles. The van der Waals surface area contributed by atoms with E-state index in [0.717, 1.165) is 27.7 Å². The van der Waals surface area contributed by atoms with Crippen LogP contribution in [0.3, 0.4) is 0 Å². The average Bonchev–Trinajstić information content (AvgIpc) is 3.34. The van der Waals surface area contributed by atoms with Gasteiger partial charge in [-0.2, -0.15) is 5.10 Å². The zero-order chi connectivity index (χ0) is 20.4. The monoisotopic (exact) mass is 391 g/mol. The van der Waals surface area contributed by atoms with Crippen molar-refractivity contribution in [2.45, 2.75) is 26.9 Å². The van der Waals surface area contributed by atoms with E-state index in [9.17, 15) is 9.18 Å². The molecule has 2 aromatic carbocycles. The first kappa shape index (κ1) is 18.9. The number of carbonyl (C=O) groups excluding carboxylic acids is 1. The van der Waals surface area contributed by atoms with Crippen molar-refractivity contribution in [3.05, 3.63) is 72.1 Å². The molecule has 0 aliphatic rings. The number of aryl methyl sites for hydroxylation is 1. The third kappa shape index (κ3) is 3.89. The van der Waals surface area contributed by atoms with Gasteiger partial charge in [-0.1, -0.05) is 25.1 Å². The topological polar surface area (TPSA) is 75.6 Å². The molecular weight excluding hydrogens is 369 g/mol. The van der Waals surface area contributed by atoms with Crippen molar-refractivity contribution in [2.75, 3.05) is 0 Å². The quantitative estimate of drug-likeness (QED) is 0.525. The first-order chi connectivity index (χ1) is 14.0. The van der Waals surface area contributed by atoms with Crippen LogP contribution in [0.2, 0.25) is 0 Å². The summed E-state index contributed by atoms with van der Waals surface area (Å²) in [7, 11) is 0. The van der Waals surface area contributed by atoms with Crippen LogP contribution in [0.1, 0.15) is 18.1 Å². The molecule has 4 rings (SSSR count). The summed E-state index contributed by atoms with van der Waals surface area (Å²) in [5.74, 6) is -0.517. The van der Waals surface area contributed by atoms with Crippen molar-refractivity contribution >= 4 is 16.8 Å². The van der Waals surface area contributed by atoms with Crippen LogP contribution in [0.15, 0.2) is 55.1 Å². The second kappa shape index (κ2) is 7.87. The lowest BCUT2D eigenvalue weighted by Crippen LogP contribution is -2.31. The highest BCUT2D eigenvalue weighted by molar-refractivity contribution is 5.91. The molecule has 1 amide bonds. The molecule has 0 fully saturated rings. The number of carbonyl (C=O) groups is 1. The van der Waals surface area contributed by atoms with E-state index >= 15 is 0 Å². The molecule has 0 radical (unpaired) electrons. The highest BCUT2D eigenvalue weighted by Crippen LogP contribution is 2.31. The van der Waals surface area contributed by atoms with Crippen LogP contribution in [-0.2, 0) is 17.9 Å². The Labute approximate surface area is 167 Å². The van der Waals surface area contributed by atoms with Crippen LogP contribution in [0.25, 0.3) is 22.2 Å². The van der Waals surface area contributed by atoms with E-state index < -0.39 is 0 Å². The Kier molecular flexibility index (Phi) is 5.12. The summed E-state index contributed by atoms with van der Waals surface area (Å²) in [4.78, 5) is 19.6. The number of rotatable bonds is 6. The van der Waals surface area contributed by atoms with Gasteiger partial charge < -0.3 is 10.3 Å². The lowest BCUT2D eigenvalue weighted by atomic mass is 10.0. The summed E-state index contributed by atoms with van der Waals surface area (Å²) in [6, 6.07) is 12.7. The molecule has 2 N–H and O–H groups in total. The maximum Gasteiger partial charge on any atom is 0.224 e. The van der Waals surface area contributed by atoms with Crippen LogP contribution in [0.5, 0.6) is 0 Å². The van der Waals surface area contributed by atoms with E-state index in [1.807, 2.05) is 38.1 Å². The van der Waals surface area contributed by atoms with Crippen molar-refractivity contribution in [1.82, 2.24) is 25.1 Å². The average molecular weight is 391 g/mol. The fraction of sp³-hybridized carbons (Fsp3) is 0.227. The fourth-order valence-electron chi connectivity index (χ4n) is 3.47. The third-order valence-electron chi connectivity index (χ3n) is 5.11. The first-order valence-corrected chi connectivity index (χ1v) is 9.49. The Balaban J connectivity index is 1.50. The van der Waals surface area contributed by atoms with Crippen molar-refractivity contribution < 1.29 is 9.18 Å². The van der Waals surface area contributed by atoms with Gasteiger partial charge in [-0.05, 0) is 42.3 Å². The summed E-state index contributed by atoms with van der Waals surface area (Å²) in [5, 5.41) is 8.02. The van der Waals surface area contributed by atoms with Crippen molar-refractivity contribution in [3.63, 3.8) is 0 Å². The predicted molar refractivity (Wildman–Crippen MR) is 109 cm³/mol. The van der Waals surface area contributed by atoms with Gasteiger partial charge >= 0.3 is 0 Å². The van der Waals surface area contributed by atoms with Crippen molar-refractivity contribution in [3.8, 4) is 11.3 Å². The number of benzene rings is 2. The number of aromatic amines is 1. The Morgan fingerprint density at radius 1 is 1.28 bits per heavy atom. The standard InChI is InChI=1S/C22H22FN5O/c1-14(11-28-13-24-12-26-28)22(29)25-10-16-7-8-20-18(9-16)15(2)21(27-20)17-5-3-4-6-19(17)23/h3-9,12-14,27H,10-11H2,1-2H3,(H,25,29)/t14-/m1/s1. The van der Waals surface area contributed by atoms with Gasteiger partial charge in [-0.15, -0.1) is 0 Å². The SMILES string of the molecule is Cc1c(-c2ccccc2F)[nH]c2ccc(CNC(=O)[C@H](C)Cn3cncn3)cc12. The molecule has 2 heterocycles. The Morgan fingerprint density at radius 3 is 2.86 bits per heavy atom. The summed E-state index contributed by atoms with van der Waals surface area (Å²) < 4.78 is 15.8. The summed E-state index contributed by atoms with van der Waals surface area (Å²) in [5.41, 5.74) is 4.24. The normalized spacial score (nSPS) is 12.2. The van der Waals surface area contributed by atoms with Gasteiger partial charge in [0.15, 0.2) is 0 Å². The maximum atomic E-state index is 14.2. The molecule has 29 heavy (non-hydrogen) atoms. The third-order valence-corrected chi connectivity index (χ3v) is 5.11. The molecule has 7 heteroatoms. The van der Waals surface area contributed by atoms with E-state index in [1.165, 1.54) is 12.4 Å². The number of fused-ring (bicyclic) bond motifs is 1. The molecular formula is C22H22FN5O. The molecule has 0 spiro atoms. The number of hydrogen-bond acceptors (Lipinski definition) is 3. The van der Waals surface area contributed by atoms with Gasteiger partial charge in [-0.25, -0.2) is 9.37 Å². The zero-order valence-electron chi connectivity index (χ0n) is 16.3. The molecule has 0 bridgehead atoms. The minimum Gasteiger partial charge on any atom is -0.354 e. The maximum absolute atomic E-state index is 14.2. The molecule has 0 saturated heterocycles. The number of halogens is 1. The number of H-pyrrole nitrogens is 1. The van der Waals surface area contributed by atoms with Crippen LogP contribution in [-0.4, -0.2) is 25.7 Å². The second-order valence-corrected chi connectivity index (χ2v) is 7.22. The molecule has 6 nitrogen and oxygen atoms in total. The van der Waals surface area contributed by atoms with E-state index in [2.05, 4.69) is 20.4 Å². The number of nitrogens with one attached hydrogen (secondary N) is 2. The van der Waals surface area contributed by atoms with E-state index in [0.29, 0.717) is 18.7 Å². The molecule has 0 saturated carbocycles. The highest BCUT2D eigenvalue weighted by Gasteiger charge is 2.15. The summed E-state index contributed by atoms with van der Waals surface area (Å²) in [6.45, 7) is 4.74. The first-order valence-electron chi connectivity index (χ1n) is 9.49. The summed E-state index contributed by atoms with van der Waals surface area (Å²) >= 11 is 0. The van der Waals surface area contributed by atoms with Gasteiger partial charge in [-0.3, -0.25) is 9.48 Å². The van der Waals surface area contributed by atoms with Crippen LogP contribution in [0.4, 0.5) is 4.39 Å². The van der Waals surface area contributed by atoms with Gasteiger partial charge in [0.05, 0.1) is 18.2 Å². The van der Waals surface area contributed by atoms with Crippen LogP contribution < -0.4 is 5.32 Å². The molecule has 1 atom stereocenters. The van der Waals surface area contributed by atoms with Gasteiger partial charge in [0.25, 0.3) is 0 Å². The molecule has 4 aromatic rings. The van der Waals surface area contributed by atoms with Crippen LogP contribution in [0, 0.1) is 18.7 Å². The van der Waals surface area contributed by atoms with Gasteiger partial charge in [0.1, 0.15) is 18.5 Å². The number of nitrogens with zero attached hydrogens (tertiary/aromatic N) is 3. The van der Waals surface area contributed by atoms with E-state index in [-0.39, 0.29) is 17.6 Å². The highest BCUT2D eigenvalue weighted by atomic mass is 19.1. The summed E-state index contributed by atoms with van der Waals surface area (Å²) in [6.07, 6.45) is 3.05. The number of hydrogen-bond donors (Lipinski definition) is 2. The lowest BCUT2D eigenvalue weighted by molar-refractivity contribution is -0.125. The van der Waals surface area contributed by atoms with E-state index in [1.54, 1.807) is 23.1 Å². The number of aromatic nitrogens is 4. The minimum atomic E-state index is -0.254. The molecule has 148 valence electrons. The predicted octanol–water partition coefficient (Wildman–Crippen LogP) is 3.83. The molecule has 0 unspecified atom stereocenters. The molecule has 0 aliphatic carbocycles. The number of amides is 1. The fourth-order valence-corrected chi connectivity index (χ4v) is 3.47. The van der Waals surface area contributed by atoms with E-state index in [4.69, 9.17) is 0 Å². The zero-order valence-corrected chi connectivity index (χ0v) is 16.3.